The topological polar surface area (TPSA) is 92.4 Å². The van der Waals surface area contributed by atoms with Gasteiger partial charge >= 0.3 is 0 Å². The molecule has 108 valence electrons. The number of hydrogen-bond acceptors (Lipinski definition) is 5. The molecule has 0 saturated heterocycles. The second kappa shape index (κ2) is 5.22. The Balaban J connectivity index is 2.39. The van der Waals surface area contributed by atoms with Gasteiger partial charge < -0.3 is 14.8 Å². The van der Waals surface area contributed by atoms with Crippen molar-refractivity contribution in [3.63, 3.8) is 0 Å². The van der Waals surface area contributed by atoms with E-state index < -0.39 is 28.3 Å². The first-order valence-electron chi connectivity index (χ1n) is 6.45. The molecule has 2 rings (SSSR count). The Bertz CT molecular complexity index is 546. The molecule has 1 aromatic heterocycles. The van der Waals surface area contributed by atoms with E-state index in [4.69, 9.17) is 5.11 Å². The average molecular weight is 288 g/mol. The van der Waals surface area contributed by atoms with E-state index >= 15 is 0 Å². The number of sulfone groups is 1. The number of aromatic nitrogens is 2. The summed E-state index contributed by atoms with van der Waals surface area (Å²) < 4.78 is 26.3. The maximum Gasteiger partial charge on any atom is 0.228 e. The number of hydrogen-bond donors (Lipinski definition) is 2. The number of aliphatic hydroxyl groups excluding tert-OH is 2. The van der Waals surface area contributed by atoms with E-state index in [1.54, 1.807) is 10.8 Å². The molecule has 1 aromatic rings. The van der Waals surface area contributed by atoms with E-state index in [2.05, 4.69) is 4.98 Å². The standard InChI is InChI=1S/C12H20N2O4S/c1-8(2)11-5-13-12(14(11)9-3-4-9)19(17,18)7-10(16)6-15/h5,8-10,15-16H,3-4,6-7H2,1-2H3/t10-/m1/s1. The first-order valence-corrected chi connectivity index (χ1v) is 8.11. The van der Waals surface area contributed by atoms with Gasteiger partial charge in [-0.25, -0.2) is 13.4 Å². The minimum absolute atomic E-state index is 0.0196. The molecule has 0 bridgehead atoms. The van der Waals surface area contributed by atoms with Gasteiger partial charge in [0.25, 0.3) is 0 Å². The zero-order valence-corrected chi connectivity index (χ0v) is 12.0. The van der Waals surface area contributed by atoms with Gasteiger partial charge in [-0.1, -0.05) is 13.8 Å². The molecule has 0 radical (unpaired) electrons. The van der Waals surface area contributed by atoms with Crippen LogP contribution in [0.1, 0.15) is 44.3 Å². The molecule has 6 nitrogen and oxygen atoms in total. The highest BCUT2D eigenvalue weighted by atomic mass is 32.2. The molecule has 1 atom stereocenters. The van der Waals surface area contributed by atoms with Crippen molar-refractivity contribution in [3.05, 3.63) is 11.9 Å². The summed E-state index contributed by atoms with van der Waals surface area (Å²) in [6.45, 7) is 3.42. The van der Waals surface area contributed by atoms with Gasteiger partial charge in [-0.05, 0) is 18.8 Å². The lowest BCUT2D eigenvalue weighted by Crippen LogP contribution is -2.26. The van der Waals surface area contributed by atoms with Crippen LogP contribution in [0.5, 0.6) is 0 Å². The molecule has 0 aromatic carbocycles. The van der Waals surface area contributed by atoms with E-state index in [1.165, 1.54) is 0 Å². The molecule has 0 aliphatic heterocycles. The monoisotopic (exact) mass is 288 g/mol. The first kappa shape index (κ1) is 14.5. The molecule has 0 spiro atoms. The molecule has 1 aliphatic carbocycles. The van der Waals surface area contributed by atoms with Crippen LogP contribution in [0.3, 0.4) is 0 Å². The minimum Gasteiger partial charge on any atom is -0.394 e. The van der Waals surface area contributed by atoms with Crippen molar-refractivity contribution in [2.75, 3.05) is 12.4 Å². The molecule has 0 unspecified atom stereocenters. The fourth-order valence-corrected chi connectivity index (χ4v) is 3.62. The van der Waals surface area contributed by atoms with E-state index in [-0.39, 0.29) is 17.1 Å². The Morgan fingerprint density at radius 2 is 2.11 bits per heavy atom. The molecule has 1 heterocycles. The van der Waals surface area contributed by atoms with Crippen LogP contribution in [-0.2, 0) is 9.84 Å². The molecule has 7 heteroatoms. The fraction of sp³-hybridized carbons (Fsp3) is 0.750. The smallest absolute Gasteiger partial charge is 0.228 e. The Morgan fingerprint density at radius 1 is 1.47 bits per heavy atom. The van der Waals surface area contributed by atoms with Gasteiger partial charge in [0, 0.05) is 17.9 Å². The van der Waals surface area contributed by atoms with Crippen molar-refractivity contribution < 1.29 is 18.6 Å². The number of rotatable bonds is 6. The third kappa shape index (κ3) is 2.98. The minimum atomic E-state index is -3.68. The third-order valence-electron chi connectivity index (χ3n) is 3.20. The summed E-state index contributed by atoms with van der Waals surface area (Å²) in [5.41, 5.74) is 0.902. The maximum atomic E-state index is 12.2. The van der Waals surface area contributed by atoms with Crippen LogP contribution < -0.4 is 0 Å². The van der Waals surface area contributed by atoms with Crippen LogP contribution in [-0.4, -0.2) is 46.6 Å². The molecular formula is C12H20N2O4S. The zero-order chi connectivity index (χ0) is 14.2. The normalized spacial score (nSPS) is 17.9. The molecule has 2 N–H and O–H groups in total. The highest BCUT2D eigenvalue weighted by Crippen LogP contribution is 2.39. The van der Waals surface area contributed by atoms with E-state index in [0.717, 1.165) is 18.5 Å². The lowest BCUT2D eigenvalue weighted by Gasteiger charge is -2.14. The van der Waals surface area contributed by atoms with Gasteiger partial charge in [0.05, 0.1) is 18.5 Å². The summed E-state index contributed by atoms with van der Waals surface area (Å²) >= 11 is 0. The van der Waals surface area contributed by atoms with E-state index in [1.807, 2.05) is 13.8 Å². The summed E-state index contributed by atoms with van der Waals surface area (Å²) in [6, 6.07) is 0.205. The second-order valence-corrected chi connectivity index (χ2v) is 7.27. The van der Waals surface area contributed by atoms with Gasteiger partial charge in [0.1, 0.15) is 0 Å². The van der Waals surface area contributed by atoms with Crippen molar-refractivity contribution in [2.45, 2.75) is 49.9 Å². The van der Waals surface area contributed by atoms with Crippen molar-refractivity contribution >= 4 is 9.84 Å². The molecule has 1 fully saturated rings. The Labute approximate surface area is 113 Å². The predicted octanol–water partition coefficient (Wildman–Crippen LogP) is 0.468. The van der Waals surface area contributed by atoms with E-state index in [0.29, 0.717) is 0 Å². The highest BCUT2D eigenvalue weighted by molar-refractivity contribution is 7.91. The summed E-state index contributed by atoms with van der Waals surface area (Å²) in [7, 11) is -3.68. The highest BCUT2D eigenvalue weighted by Gasteiger charge is 2.34. The lowest BCUT2D eigenvalue weighted by molar-refractivity contribution is 0.112. The van der Waals surface area contributed by atoms with Crippen molar-refractivity contribution in [1.82, 2.24) is 9.55 Å². The quantitative estimate of drug-likeness (QED) is 0.793. The summed E-state index contributed by atoms with van der Waals surface area (Å²) in [5, 5.41) is 18.2. The van der Waals surface area contributed by atoms with Crippen molar-refractivity contribution in [2.24, 2.45) is 0 Å². The van der Waals surface area contributed by atoms with Crippen LogP contribution >= 0.6 is 0 Å². The SMILES string of the molecule is CC(C)c1cnc(S(=O)(=O)C[C@H](O)CO)n1C1CC1. The molecular weight excluding hydrogens is 268 g/mol. The molecule has 19 heavy (non-hydrogen) atoms. The summed E-state index contributed by atoms with van der Waals surface area (Å²) in [4.78, 5) is 4.04. The second-order valence-electron chi connectivity index (χ2n) is 5.34. The van der Waals surface area contributed by atoms with Crippen molar-refractivity contribution in [3.8, 4) is 0 Å². The first-order chi connectivity index (χ1) is 8.86. The van der Waals surface area contributed by atoms with Gasteiger partial charge in [0.2, 0.25) is 15.0 Å². The maximum absolute atomic E-state index is 12.2. The van der Waals surface area contributed by atoms with Gasteiger partial charge in [-0.3, -0.25) is 0 Å². The molecule has 0 amide bonds. The fourth-order valence-electron chi connectivity index (χ4n) is 2.09. The van der Waals surface area contributed by atoms with Crippen LogP contribution in [0, 0.1) is 0 Å². The van der Waals surface area contributed by atoms with Gasteiger partial charge in [0.15, 0.2) is 0 Å². The Hall–Kier alpha value is -0.920. The predicted molar refractivity (Wildman–Crippen MR) is 69.7 cm³/mol. The third-order valence-corrected chi connectivity index (χ3v) is 4.88. The van der Waals surface area contributed by atoms with Crippen LogP contribution in [0.2, 0.25) is 0 Å². The van der Waals surface area contributed by atoms with Crippen LogP contribution in [0.4, 0.5) is 0 Å². The summed E-state index contributed by atoms with van der Waals surface area (Å²) in [5.74, 6) is -0.301. The Morgan fingerprint density at radius 3 is 2.58 bits per heavy atom. The van der Waals surface area contributed by atoms with Gasteiger partial charge in [-0.2, -0.15) is 0 Å². The largest absolute Gasteiger partial charge is 0.394 e. The van der Waals surface area contributed by atoms with Crippen LogP contribution in [0.25, 0.3) is 0 Å². The number of nitrogens with zero attached hydrogens (tertiary/aromatic N) is 2. The van der Waals surface area contributed by atoms with E-state index in [9.17, 15) is 13.5 Å². The molecule has 1 aliphatic rings. The lowest BCUT2D eigenvalue weighted by atomic mass is 10.1. The Kier molecular flexibility index (Phi) is 3.98. The van der Waals surface area contributed by atoms with Gasteiger partial charge in [-0.15, -0.1) is 0 Å². The zero-order valence-electron chi connectivity index (χ0n) is 11.2. The number of aliphatic hydroxyl groups is 2. The van der Waals surface area contributed by atoms with Crippen molar-refractivity contribution in [1.29, 1.82) is 0 Å². The number of imidazole rings is 1. The molecule has 1 saturated carbocycles. The van der Waals surface area contributed by atoms with Crippen LogP contribution in [0.15, 0.2) is 11.4 Å². The summed E-state index contributed by atoms with van der Waals surface area (Å²) in [6.07, 6.45) is 2.25. The average Bonchev–Trinajstić information content (AvgIpc) is 3.05.